The zero-order valence-electron chi connectivity index (χ0n) is 16.9. The van der Waals surface area contributed by atoms with Gasteiger partial charge in [-0.2, -0.15) is 0 Å². The van der Waals surface area contributed by atoms with Crippen molar-refractivity contribution in [2.75, 3.05) is 11.9 Å². The molecule has 2 aromatic carbocycles. The van der Waals surface area contributed by atoms with E-state index in [9.17, 15) is 9.50 Å². The van der Waals surface area contributed by atoms with Crippen molar-refractivity contribution in [2.45, 2.75) is 19.1 Å². The summed E-state index contributed by atoms with van der Waals surface area (Å²) in [4.78, 5) is 8.81. The maximum Gasteiger partial charge on any atom is 0.230 e. The van der Waals surface area contributed by atoms with Gasteiger partial charge in [0.2, 0.25) is 5.88 Å². The van der Waals surface area contributed by atoms with Crippen LogP contribution in [0, 0.1) is 5.82 Å². The van der Waals surface area contributed by atoms with E-state index in [0.717, 1.165) is 10.9 Å². The minimum atomic E-state index is -0.898. The number of nitrogens with one attached hydrogen (secondary N) is 1. The van der Waals surface area contributed by atoms with Gasteiger partial charge < -0.3 is 20.3 Å². The molecule has 0 saturated heterocycles. The lowest BCUT2D eigenvalue weighted by atomic mass is 10.0. The number of halogens is 1. The van der Waals surface area contributed by atoms with Crippen molar-refractivity contribution in [1.29, 1.82) is 0 Å². The summed E-state index contributed by atoms with van der Waals surface area (Å²) in [6.07, 6.45) is 2.44. The molecule has 2 heterocycles. The first kappa shape index (κ1) is 20.7. The highest BCUT2D eigenvalue weighted by molar-refractivity contribution is 5.95. The molecule has 3 N–H and O–H groups in total. The van der Waals surface area contributed by atoms with E-state index in [2.05, 4.69) is 15.3 Å². The minimum absolute atomic E-state index is 0.111. The number of ether oxygens (including phenoxy) is 1. The highest BCUT2D eigenvalue weighted by Gasteiger charge is 2.15. The molecule has 0 aliphatic carbocycles. The van der Waals surface area contributed by atoms with E-state index in [4.69, 9.17) is 9.84 Å². The first-order valence-corrected chi connectivity index (χ1v) is 9.87. The molecule has 0 amide bonds. The van der Waals surface area contributed by atoms with Crippen molar-refractivity contribution >= 4 is 16.6 Å². The molecular weight excluding hydrogens is 397 g/mol. The van der Waals surface area contributed by atoms with E-state index >= 15 is 0 Å². The van der Waals surface area contributed by atoms with Crippen LogP contribution in [0.4, 0.5) is 10.2 Å². The monoisotopic (exact) mass is 419 g/mol. The number of fused-ring (bicyclic) bond motifs is 1. The standard InChI is InChI=1S/C24H22FN3O3/c1-15(16-5-7-17(8-6-16)21(30)14-29)28-23-22-18(9-11-26-23)10-12-27-24(22)31-20-4-2-3-19(25)13-20/h2-13,15,21,29-30H,14H2,1H3,(H,26,28). The number of anilines is 1. The predicted molar refractivity (Wildman–Crippen MR) is 117 cm³/mol. The third-order valence-corrected chi connectivity index (χ3v) is 5.00. The maximum atomic E-state index is 13.6. The average Bonchev–Trinajstić information content (AvgIpc) is 2.79. The van der Waals surface area contributed by atoms with Crippen LogP contribution in [0.15, 0.2) is 73.1 Å². The summed E-state index contributed by atoms with van der Waals surface area (Å²) < 4.78 is 19.4. The van der Waals surface area contributed by atoms with Gasteiger partial charge in [0.1, 0.15) is 23.5 Å². The van der Waals surface area contributed by atoms with Gasteiger partial charge in [-0.25, -0.2) is 14.4 Å². The van der Waals surface area contributed by atoms with Crippen LogP contribution in [0.1, 0.15) is 30.2 Å². The van der Waals surface area contributed by atoms with E-state index in [0.29, 0.717) is 28.4 Å². The highest BCUT2D eigenvalue weighted by Crippen LogP contribution is 2.34. The third kappa shape index (κ3) is 4.63. The van der Waals surface area contributed by atoms with E-state index in [1.54, 1.807) is 36.7 Å². The Morgan fingerprint density at radius 1 is 1.00 bits per heavy atom. The van der Waals surface area contributed by atoms with Gasteiger partial charge in [-0.05, 0) is 47.7 Å². The molecule has 158 valence electrons. The number of pyridine rings is 2. The number of aliphatic hydroxyl groups is 2. The van der Waals surface area contributed by atoms with E-state index in [-0.39, 0.29) is 12.6 Å². The number of aromatic nitrogens is 2. The molecule has 0 spiro atoms. The molecule has 0 saturated carbocycles. The average molecular weight is 419 g/mol. The van der Waals surface area contributed by atoms with E-state index in [1.807, 2.05) is 31.2 Å². The zero-order valence-corrected chi connectivity index (χ0v) is 16.9. The van der Waals surface area contributed by atoms with Crippen molar-refractivity contribution < 1.29 is 19.3 Å². The van der Waals surface area contributed by atoms with Crippen LogP contribution in [0.3, 0.4) is 0 Å². The smallest absolute Gasteiger partial charge is 0.230 e. The van der Waals surface area contributed by atoms with Gasteiger partial charge >= 0.3 is 0 Å². The quantitative estimate of drug-likeness (QED) is 0.400. The molecular formula is C24H22FN3O3. The Morgan fingerprint density at radius 3 is 2.42 bits per heavy atom. The summed E-state index contributed by atoms with van der Waals surface area (Å²) >= 11 is 0. The van der Waals surface area contributed by atoms with Gasteiger partial charge in [0, 0.05) is 24.5 Å². The van der Waals surface area contributed by atoms with Gasteiger partial charge in [0.15, 0.2) is 0 Å². The number of benzene rings is 2. The van der Waals surface area contributed by atoms with Crippen LogP contribution < -0.4 is 10.1 Å². The summed E-state index contributed by atoms with van der Waals surface area (Å²) in [5.41, 5.74) is 1.63. The highest BCUT2D eigenvalue weighted by atomic mass is 19.1. The molecule has 4 rings (SSSR count). The lowest BCUT2D eigenvalue weighted by Crippen LogP contribution is -2.09. The van der Waals surface area contributed by atoms with Crippen molar-refractivity contribution in [3.8, 4) is 11.6 Å². The molecule has 6 nitrogen and oxygen atoms in total. The molecule has 0 aliphatic heterocycles. The second-order valence-electron chi connectivity index (χ2n) is 7.16. The Bertz CT molecular complexity index is 1180. The first-order valence-electron chi connectivity index (χ1n) is 9.87. The molecule has 0 radical (unpaired) electrons. The number of hydrogen-bond donors (Lipinski definition) is 3. The van der Waals surface area contributed by atoms with Crippen molar-refractivity contribution in [1.82, 2.24) is 9.97 Å². The fourth-order valence-electron chi connectivity index (χ4n) is 3.32. The summed E-state index contributed by atoms with van der Waals surface area (Å²) in [5.74, 6) is 0.870. The molecule has 0 fully saturated rings. The van der Waals surface area contributed by atoms with E-state index in [1.165, 1.54) is 12.1 Å². The normalized spacial score (nSPS) is 13.0. The molecule has 4 aromatic rings. The van der Waals surface area contributed by atoms with Crippen LogP contribution in [0.2, 0.25) is 0 Å². The van der Waals surface area contributed by atoms with Crippen LogP contribution in [0.25, 0.3) is 10.8 Å². The summed E-state index contributed by atoms with van der Waals surface area (Å²) in [6.45, 7) is 1.66. The fourth-order valence-corrected chi connectivity index (χ4v) is 3.32. The fraction of sp³-hybridized carbons (Fsp3) is 0.167. The van der Waals surface area contributed by atoms with E-state index < -0.39 is 11.9 Å². The van der Waals surface area contributed by atoms with Crippen LogP contribution in [-0.4, -0.2) is 26.8 Å². The Morgan fingerprint density at radius 2 is 1.71 bits per heavy atom. The van der Waals surface area contributed by atoms with Gasteiger partial charge in [-0.3, -0.25) is 0 Å². The van der Waals surface area contributed by atoms with Crippen LogP contribution >= 0.6 is 0 Å². The predicted octanol–water partition coefficient (Wildman–Crippen LogP) is 4.76. The topological polar surface area (TPSA) is 87.5 Å². The number of nitrogens with zero attached hydrogens (tertiary/aromatic N) is 2. The van der Waals surface area contributed by atoms with Crippen LogP contribution in [-0.2, 0) is 0 Å². The lowest BCUT2D eigenvalue weighted by Gasteiger charge is -2.18. The largest absolute Gasteiger partial charge is 0.438 e. The summed E-state index contributed by atoms with van der Waals surface area (Å²) in [6, 6.07) is 16.8. The Hall–Kier alpha value is -3.55. The number of aliphatic hydroxyl groups excluding tert-OH is 2. The molecule has 2 atom stereocenters. The first-order chi connectivity index (χ1) is 15.0. The van der Waals surface area contributed by atoms with Gasteiger partial charge in [0.25, 0.3) is 0 Å². The lowest BCUT2D eigenvalue weighted by molar-refractivity contribution is 0.0956. The molecule has 7 heteroatoms. The summed E-state index contributed by atoms with van der Waals surface area (Å²) in [5, 5.41) is 23.8. The van der Waals surface area contributed by atoms with Gasteiger partial charge in [-0.1, -0.05) is 30.3 Å². The molecule has 2 aromatic heterocycles. The molecule has 31 heavy (non-hydrogen) atoms. The molecule has 0 aliphatic rings. The molecule has 2 unspecified atom stereocenters. The SMILES string of the molecule is CC(Nc1nccc2ccnc(Oc3cccc(F)c3)c12)c1ccc(C(O)CO)cc1. The third-order valence-electron chi connectivity index (χ3n) is 5.00. The maximum absolute atomic E-state index is 13.6. The van der Waals surface area contributed by atoms with Gasteiger partial charge in [-0.15, -0.1) is 0 Å². The second kappa shape index (κ2) is 9.07. The second-order valence-corrected chi connectivity index (χ2v) is 7.16. The zero-order chi connectivity index (χ0) is 21.8. The van der Waals surface area contributed by atoms with Gasteiger partial charge in [0.05, 0.1) is 12.0 Å². The minimum Gasteiger partial charge on any atom is -0.438 e. The Kier molecular flexibility index (Phi) is 6.06. The van der Waals surface area contributed by atoms with Crippen molar-refractivity contribution in [2.24, 2.45) is 0 Å². The number of hydrogen-bond acceptors (Lipinski definition) is 6. The number of rotatable bonds is 7. The molecule has 0 bridgehead atoms. The van der Waals surface area contributed by atoms with Crippen LogP contribution in [0.5, 0.6) is 11.6 Å². The van der Waals surface area contributed by atoms with Crippen molar-refractivity contribution in [3.05, 3.63) is 90.0 Å². The summed E-state index contributed by atoms with van der Waals surface area (Å²) in [7, 11) is 0. The van der Waals surface area contributed by atoms with Crippen molar-refractivity contribution in [3.63, 3.8) is 0 Å². The Labute approximate surface area is 179 Å². The Balaban J connectivity index is 1.64.